The van der Waals surface area contributed by atoms with E-state index < -0.39 is 5.97 Å². The van der Waals surface area contributed by atoms with Gasteiger partial charge < -0.3 is 19.8 Å². The summed E-state index contributed by atoms with van der Waals surface area (Å²) in [5.74, 6) is 0.410. The second kappa shape index (κ2) is 17.1. The number of hydrogen-bond acceptors (Lipinski definition) is 4. The van der Waals surface area contributed by atoms with Crippen molar-refractivity contribution in [3.63, 3.8) is 0 Å². The monoisotopic (exact) mass is 531 g/mol. The molecule has 0 aromatic heterocycles. The van der Waals surface area contributed by atoms with E-state index in [0.717, 1.165) is 55.5 Å². The topological polar surface area (TPSA) is 70.0 Å². The molecule has 39 heavy (non-hydrogen) atoms. The van der Waals surface area contributed by atoms with E-state index in [4.69, 9.17) is 9.84 Å². The lowest BCUT2D eigenvalue weighted by Crippen LogP contribution is -2.19. The fraction of sp³-hybridized carbons (Fsp3) is 0.382. The third-order valence-corrected chi connectivity index (χ3v) is 6.51. The number of carboxylic acids is 1. The molecule has 210 valence electrons. The maximum Gasteiger partial charge on any atom is 0.306 e. The Hall–Kier alpha value is -3.57. The Morgan fingerprint density at radius 1 is 0.795 bits per heavy atom. The van der Waals surface area contributed by atoms with Crippen LogP contribution in [0.4, 0.5) is 0 Å². The van der Waals surface area contributed by atoms with Gasteiger partial charge in [0.05, 0.1) is 5.92 Å². The molecule has 5 nitrogen and oxygen atoms in total. The first-order valence-corrected chi connectivity index (χ1v) is 14.0. The summed E-state index contributed by atoms with van der Waals surface area (Å²) >= 11 is 0. The Morgan fingerprint density at radius 2 is 1.33 bits per heavy atom. The van der Waals surface area contributed by atoms with Gasteiger partial charge in [0.2, 0.25) is 0 Å². The van der Waals surface area contributed by atoms with Gasteiger partial charge >= 0.3 is 5.97 Å². The number of phenols is 1. The van der Waals surface area contributed by atoms with Gasteiger partial charge in [0.1, 0.15) is 18.1 Å². The van der Waals surface area contributed by atoms with Crippen molar-refractivity contribution in [3.8, 4) is 11.5 Å². The summed E-state index contributed by atoms with van der Waals surface area (Å²) in [7, 11) is 4.08. The van der Waals surface area contributed by atoms with E-state index in [1.54, 1.807) is 12.1 Å². The Morgan fingerprint density at radius 3 is 1.79 bits per heavy atom. The van der Waals surface area contributed by atoms with Crippen molar-refractivity contribution in [2.24, 2.45) is 5.92 Å². The van der Waals surface area contributed by atoms with Gasteiger partial charge in [-0.3, -0.25) is 4.79 Å². The zero-order valence-electron chi connectivity index (χ0n) is 24.2. The first kappa shape index (κ1) is 31.6. The quantitative estimate of drug-likeness (QED) is 0.219. The molecular weight excluding hydrogens is 486 g/mol. The van der Waals surface area contributed by atoms with Crippen LogP contribution in [0.3, 0.4) is 0 Å². The van der Waals surface area contributed by atoms with E-state index in [2.05, 4.69) is 48.2 Å². The molecule has 0 unspecified atom stereocenters. The third-order valence-electron chi connectivity index (χ3n) is 6.51. The number of nitrogens with zero attached hydrogens (tertiary/aromatic N) is 1. The summed E-state index contributed by atoms with van der Waals surface area (Å²) in [5.41, 5.74) is 5.89. The highest BCUT2D eigenvalue weighted by Gasteiger charge is 2.14. The number of aromatic hydroxyl groups is 1. The molecule has 3 aromatic rings. The summed E-state index contributed by atoms with van der Waals surface area (Å²) in [6.07, 6.45) is 4.49. The van der Waals surface area contributed by atoms with Crippen molar-refractivity contribution in [3.05, 3.63) is 95.6 Å². The second-order valence-electron chi connectivity index (χ2n) is 9.91. The van der Waals surface area contributed by atoms with E-state index in [-0.39, 0.29) is 11.7 Å². The first-order chi connectivity index (χ1) is 18.8. The third kappa shape index (κ3) is 10.6. The Balaban J connectivity index is 0.000000455. The highest BCUT2D eigenvalue weighted by atomic mass is 16.5. The van der Waals surface area contributed by atoms with Crippen LogP contribution < -0.4 is 4.74 Å². The molecule has 5 heteroatoms. The highest BCUT2D eigenvalue weighted by molar-refractivity contribution is 5.98. The van der Waals surface area contributed by atoms with E-state index in [0.29, 0.717) is 6.61 Å². The molecule has 0 radical (unpaired) electrons. The largest absolute Gasteiger partial charge is 0.508 e. The van der Waals surface area contributed by atoms with E-state index in [9.17, 15) is 9.90 Å². The molecule has 0 aliphatic heterocycles. The number of ether oxygens (including phenoxy) is 1. The summed E-state index contributed by atoms with van der Waals surface area (Å²) in [6.45, 7) is 7.77. The molecule has 2 N–H and O–H groups in total. The summed E-state index contributed by atoms with van der Waals surface area (Å²) < 4.78 is 5.85. The standard InChI is InChI=1S/C26H29NO2.C8H16O2/c1-4-25(20-8-6-5-7-9-20)26(21-10-14-23(28)15-11-21)22-12-16-24(17-13-22)29-19-18-27(2)3;1-3-5-7(6-4-2)8(9)10/h5-17,28H,4,18-19H2,1-3H3;7H,3-6H2,1-2H3,(H,9,10)/b26-25-;. The number of carbonyl (C=O) groups is 1. The number of phenolic OH excluding ortho intramolecular Hbond substituents is 1. The molecule has 0 saturated heterocycles. The molecule has 0 heterocycles. The van der Waals surface area contributed by atoms with Crippen molar-refractivity contribution >= 4 is 17.1 Å². The number of aliphatic carboxylic acids is 1. The molecule has 0 atom stereocenters. The molecule has 0 fully saturated rings. The summed E-state index contributed by atoms with van der Waals surface area (Å²) in [6, 6.07) is 26.2. The van der Waals surface area contributed by atoms with Crippen LogP contribution in [0.15, 0.2) is 78.9 Å². The highest BCUT2D eigenvalue weighted by Crippen LogP contribution is 2.35. The SMILES string of the molecule is CC/C(=C(\c1ccc(O)cc1)c1ccc(OCCN(C)C)cc1)c1ccccc1.CCCC(CCC)C(=O)O. The van der Waals surface area contributed by atoms with Crippen LogP contribution in [-0.4, -0.2) is 48.3 Å². The average molecular weight is 532 g/mol. The van der Waals surface area contributed by atoms with Gasteiger partial charge in [-0.15, -0.1) is 0 Å². The second-order valence-corrected chi connectivity index (χ2v) is 9.91. The van der Waals surface area contributed by atoms with Crippen molar-refractivity contribution in [1.82, 2.24) is 4.90 Å². The lowest BCUT2D eigenvalue weighted by Gasteiger charge is -2.17. The molecule has 3 aromatic carbocycles. The number of hydrogen-bond donors (Lipinski definition) is 2. The lowest BCUT2D eigenvalue weighted by molar-refractivity contribution is -0.142. The zero-order valence-corrected chi connectivity index (χ0v) is 24.2. The smallest absolute Gasteiger partial charge is 0.306 e. The van der Waals surface area contributed by atoms with Crippen molar-refractivity contribution in [1.29, 1.82) is 0 Å². The zero-order chi connectivity index (χ0) is 28.6. The van der Waals surface area contributed by atoms with E-state index in [1.165, 1.54) is 16.7 Å². The van der Waals surface area contributed by atoms with Gasteiger partial charge in [0, 0.05) is 6.54 Å². The number of benzene rings is 3. The normalized spacial score (nSPS) is 11.6. The molecule has 0 amide bonds. The molecule has 0 aliphatic rings. The van der Waals surface area contributed by atoms with Gasteiger partial charge in [-0.1, -0.05) is 88.2 Å². The van der Waals surface area contributed by atoms with Crippen LogP contribution in [0.2, 0.25) is 0 Å². The van der Waals surface area contributed by atoms with E-state index in [1.807, 2.05) is 58.3 Å². The molecular formula is C34H45NO4. The first-order valence-electron chi connectivity index (χ1n) is 14.0. The van der Waals surface area contributed by atoms with E-state index >= 15 is 0 Å². The number of rotatable bonds is 13. The van der Waals surface area contributed by atoms with Crippen LogP contribution in [0.1, 0.15) is 69.6 Å². The molecule has 0 bridgehead atoms. The van der Waals surface area contributed by atoms with Gasteiger partial charge in [-0.2, -0.15) is 0 Å². The van der Waals surface area contributed by atoms with Crippen LogP contribution in [-0.2, 0) is 4.79 Å². The Labute approximate surface area is 234 Å². The molecule has 0 aliphatic carbocycles. The molecule has 3 rings (SSSR count). The maximum absolute atomic E-state index is 10.5. The van der Waals surface area contributed by atoms with Crippen LogP contribution in [0, 0.1) is 5.92 Å². The fourth-order valence-corrected chi connectivity index (χ4v) is 4.46. The van der Waals surface area contributed by atoms with Crippen LogP contribution >= 0.6 is 0 Å². The van der Waals surface area contributed by atoms with Crippen LogP contribution in [0.25, 0.3) is 11.1 Å². The van der Waals surface area contributed by atoms with Gasteiger partial charge in [-0.25, -0.2) is 0 Å². The minimum absolute atomic E-state index is 0.102. The average Bonchev–Trinajstić information content (AvgIpc) is 2.93. The summed E-state index contributed by atoms with van der Waals surface area (Å²) in [5, 5.41) is 18.4. The van der Waals surface area contributed by atoms with Crippen LogP contribution in [0.5, 0.6) is 11.5 Å². The number of allylic oxidation sites excluding steroid dienone is 1. The van der Waals surface area contributed by atoms with Gasteiger partial charge in [-0.05, 0) is 85.5 Å². The predicted octanol–water partition coefficient (Wildman–Crippen LogP) is 7.99. The predicted molar refractivity (Wildman–Crippen MR) is 162 cm³/mol. The Kier molecular flexibility index (Phi) is 13.9. The number of likely N-dealkylation sites (N-methyl/N-ethyl adjacent to an activating group) is 1. The summed E-state index contributed by atoms with van der Waals surface area (Å²) in [4.78, 5) is 12.6. The lowest BCUT2D eigenvalue weighted by atomic mass is 9.88. The number of carboxylic acid groups (broad SMARTS) is 1. The van der Waals surface area contributed by atoms with Gasteiger partial charge in [0.15, 0.2) is 0 Å². The molecule has 0 spiro atoms. The van der Waals surface area contributed by atoms with Crippen molar-refractivity contribution in [2.75, 3.05) is 27.2 Å². The molecule has 0 saturated carbocycles. The van der Waals surface area contributed by atoms with Crippen molar-refractivity contribution < 1.29 is 19.7 Å². The minimum Gasteiger partial charge on any atom is -0.508 e. The minimum atomic E-state index is -0.635. The fourth-order valence-electron chi connectivity index (χ4n) is 4.46. The van der Waals surface area contributed by atoms with Gasteiger partial charge in [0.25, 0.3) is 0 Å². The van der Waals surface area contributed by atoms with Crippen molar-refractivity contribution in [2.45, 2.75) is 52.9 Å². The maximum atomic E-state index is 10.5. The Bertz CT molecular complexity index is 1130.